The van der Waals surface area contributed by atoms with E-state index >= 15 is 0 Å². The summed E-state index contributed by atoms with van der Waals surface area (Å²) in [6.45, 7) is 4.01. The zero-order valence-electron chi connectivity index (χ0n) is 16.7. The van der Waals surface area contributed by atoms with E-state index in [2.05, 4.69) is 0 Å². The molecule has 1 N–H and O–H groups in total. The summed E-state index contributed by atoms with van der Waals surface area (Å²) in [7, 11) is 0. The number of rotatable bonds is 6. The molecular weight excluding hydrogens is 425 g/mol. The fraction of sp³-hybridized carbons (Fsp3) is 0.304. The number of aliphatic carboxylic acids is 1. The molecule has 1 saturated heterocycles. The monoisotopic (exact) mass is 447 g/mol. The molecule has 2 aromatic carbocycles. The quantitative estimate of drug-likeness (QED) is 0.568. The highest BCUT2D eigenvalue weighted by atomic mass is 35.5. The SMILES string of the molecule is CCC(CC)N1C(=O)/C(=C\C(=O)O)O[C@H](c2cccc(Cl)c2)[C@H]1c1ccc(Cl)cc1. The number of amides is 1. The van der Waals surface area contributed by atoms with Crippen molar-refractivity contribution in [3.05, 3.63) is 81.5 Å². The van der Waals surface area contributed by atoms with Gasteiger partial charge in [-0.25, -0.2) is 4.79 Å². The Kier molecular flexibility index (Phi) is 7.06. The molecule has 2 aromatic rings. The Morgan fingerprint density at radius 3 is 2.33 bits per heavy atom. The van der Waals surface area contributed by atoms with Crippen LogP contribution >= 0.6 is 23.2 Å². The number of carbonyl (C=O) groups excluding carboxylic acids is 1. The molecule has 1 amide bonds. The summed E-state index contributed by atoms with van der Waals surface area (Å²) >= 11 is 12.3. The van der Waals surface area contributed by atoms with Crippen molar-refractivity contribution in [3.8, 4) is 0 Å². The summed E-state index contributed by atoms with van der Waals surface area (Å²) < 4.78 is 6.01. The van der Waals surface area contributed by atoms with Gasteiger partial charge >= 0.3 is 5.97 Å². The van der Waals surface area contributed by atoms with E-state index in [1.165, 1.54) is 0 Å². The number of benzene rings is 2. The average molecular weight is 448 g/mol. The highest BCUT2D eigenvalue weighted by Gasteiger charge is 2.44. The molecule has 0 aromatic heterocycles. The van der Waals surface area contributed by atoms with E-state index in [0.29, 0.717) is 10.0 Å². The third-order valence-electron chi connectivity index (χ3n) is 5.26. The van der Waals surface area contributed by atoms with Gasteiger partial charge in [0.05, 0.1) is 12.1 Å². The highest BCUT2D eigenvalue weighted by Crippen LogP contribution is 2.45. The van der Waals surface area contributed by atoms with Crippen LogP contribution in [0.25, 0.3) is 0 Å². The van der Waals surface area contributed by atoms with Gasteiger partial charge in [-0.05, 0) is 48.2 Å². The summed E-state index contributed by atoms with van der Waals surface area (Å²) in [6, 6.07) is 13.9. The minimum atomic E-state index is -1.24. The number of morpholine rings is 1. The zero-order chi connectivity index (χ0) is 21.8. The number of halogens is 2. The highest BCUT2D eigenvalue weighted by molar-refractivity contribution is 6.30. The number of nitrogens with zero attached hydrogens (tertiary/aromatic N) is 1. The van der Waals surface area contributed by atoms with Gasteiger partial charge in [0.2, 0.25) is 0 Å². The van der Waals surface area contributed by atoms with E-state index in [9.17, 15) is 14.7 Å². The van der Waals surface area contributed by atoms with Gasteiger partial charge in [0.25, 0.3) is 5.91 Å². The van der Waals surface area contributed by atoms with Crippen LogP contribution in [0.2, 0.25) is 10.0 Å². The maximum atomic E-state index is 13.3. The van der Waals surface area contributed by atoms with Gasteiger partial charge < -0.3 is 14.7 Å². The number of carbonyl (C=O) groups is 2. The van der Waals surface area contributed by atoms with Crippen molar-refractivity contribution in [2.75, 3.05) is 0 Å². The molecular formula is C23H23Cl2NO4. The van der Waals surface area contributed by atoms with E-state index in [1.807, 2.05) is 32.0 Å². The van der Waals surface area contributed by atoms with E-state index in [0.717, 1.165) is 30.0 Å². The fourth-order valence-corrected chi connectivity index (χ4v) is 4.19. The molecule has 5 nitrogen and oxygen atoms in total. The predicted molar refractivity (Wildman–Crippen MR) is 116 cm³/mol. The maximum Gasteiger partial charge on any atom is 0.332 e. The third kappa shape index (κ3) is 4.63. The topological polar surface area (TPSA) is 66.8 Å². The Morgan fingerprint density at radius 2 is 1.77 bits per heavy atom. The van der Waals surface area contributed by atoms with E-state index in [1.54, 1.807) is 35.2 Å². The molecule has 1 fully saturated rings. The summed E-state index contributed by atoms with van der Waals surface area (Å²) in [4.78, 5) is 26.4. The largest absolute Gasteiger partial charge is 0.478 e. The average Bonchev–Trinajstić information content (AvgIpc) is 2.71. The van der Waals surface area contributed by atoms with Gasteiger partial charge in [-0.3, -0.25) is 4.79 Å². The summed E-state index contributed by atoms with van der Waals surface area (Å²) in [5.74, 6) is -1.87. The van der Waals surface area contributed by atoms with Gasteiger partial charge in [-0.1, -0.05) is 61.3 Å². The van der Waals surface area contributed by atoms with Crippen LogP contribution in [0.4, 0.5) is 0 Å². The number of hydrogen-bond donors (Lipinski definition) is 1. The lowest BCUT2D eigenvalue weighted by molar-refractivity contribution is -0.153. The van der Waals surface area contributed by atoms with Gasteiger partial charge in [0.15, 0.2) is 5.76 Å². The Hall–Kier alpha value is -2.50. The van der Waals surface area contributed by atoms with Crippen molar-refractivity contribution in [1.82, 2.24) is 4.90 Å². The molecule has 0 bridgehead atoms. The van der Waals surface area contributed by atoms with Crippen molar-refractivity contribution < 1.29 is 19.4 Å². The summed E-state index contributed by atoms with van der Waals surface area (Å²) in [5.41, 5.74) is 1.60. The molecule has 0 radical (unpaired) electrons. The molecule has 0 unspecified atom stereocenters. The first-order valence-electron chi connectivity index (χ1n) is 9.80. The van der Waals surface area contributed by atoms with Crippen molar-refractivity contribution >= 4 is 35.1 Å². The van der Waals surface area contributed by atoms with Crippen LogP contribution in [0.3, 0.4) is 0 Å². The van der Waals surface area contributed by atoms with Gasteiger partial charge in [-0.2, -0.15) is 0 Å². The molecule has 0 spiro atoms. The molecule has 0 aliphatic carbocycles. The summed E-state index contributed by atoms with van der Waals surface area (Å²) in [5, 5.41) is 10.4. The standard InChI is InChI=1S/C23H23Cl2NO4/c1-3-18(4-2)26-21(14-8-10-16(24)11-9-14)22(15-6-5-7-17(25)12-15)30-19(23(26)29)13-20(27)28/h5-13,18,21-22H,3-4H2,1-2H3,(H,27,28)/b19-13+/t21-,22-/m1/s1. The molecule has 30 heavy (non-hydrogen) atoms. The first-order chi connectivity index (χ1) is 14.3. The lowest BCUT2D eigenvalue weighted by atomic mass is 9.90. The van der Waals surface area contributed by atoms with Crippen molar-refractivity contribution in [2.45, 2.75) is 44.9 Å². The molecule has 1 heterocycles. The Balaban J connectivity index is 2.21. The first kappa shape index (κ1) is 22.2. The second-order valence-corrected chi connectivity index (χ2v) is 7.99. The lowest BCUT2D eigenvalue weighted by Crippen LogP contribution is -2.49. The Morgan fingerprint density at radius 1 is 1.10 bits per heavy atom. The molecule has 1 aliphatic rings. The second-order valence-electron chi connectivity index (χ2n) is 7.12. The molecule has 0 saturated carbocycles. The number of ether oxygens (including phenoxy) is 1. The Bertz CT molecular complexity index is 954. The van der Waals surface area contributed by atoms with Crippen LogP contribution in [-0.2, 0) is 14.3 Å². The third-order valence-corrected chi connectivity index (χ3v) is 5.75. The van der Waals surface area contributed by atoms with Gasteiger partial charge in [-0.15, -0.1) is 0 Å². The van der Waals surface area contributed by atoms with Crippen molar-refractivity contribution in [1.29, 1.82) is 0 Å². The van der Waals surface area contributed by atoms with Crippen LogP contribution in [0.1, 0.15) is 50.0 Å². The predicted octanol–water partition coefficient (Wildman–Crippen LogP) is 5.79. The smallest absolute Gasteiger partial charge is 0.332 e. The molecule has 1 aliphatic heterocycles. The van der Waals surface area contributed by atoms with Gasteiger partial charge in [0.1, 0.15) is 6.10 Å². The molecule has 3 rings (SSSR count). The number of carboxylic acids is 1. The van der Waals surface area contributed by atoms with E-state index < -0.39 is 24.0 Å². The zero-order valence-corrected chi connectivity index (χ0v) is 18.2. The second kappa shape index (κ2) is 9.54. The maximum absolute atomic E-state index is 13.3. The van der Waals surface area contributed by atoms with Crippen molar-refractivity contribution in [2.24, 2.45) is 0 Å². The normalized spacial score (nSPS) is 20.5. The first-order valence-corrected chi connectivity index (χ1v) is 10.6. The van der Waals surface area contributed by atoms with Crippen LogP contribution in [0.15, 0.2) is 60.4 Å². The van der Waals surface area contributed by atoms with Crippen molar-refractivity contribution in [3.63, 3.8) is 0 Å². The lowest BCUT2D eigenvalue weighted by Gasteiger charge is -2.46. The summed E-state index contributed by atoms with van der Waals surface area (Å²) in [6.07, 6.45) is 1.63. The van der Waals surface area contributed by atoms with Crippen LogP contribution in [-0.4, -0.2) is 27.9 Å². The minimum absolute atomic E-state index is 0.0963. The number of hydrogen-bond acceptors (Lipinski definition) is 3. The molecule has 7 heteroatoms. The van der Waals surface area contributed by atoms with E-state index in [4.69, 9.17) is 27.9 Å². The van der Waals surface area contributed by atoms with Crippen LogP contribution in [0.5, 0.6) is 0 Å². The molecule has 158 valence electrons. The number of carboxylic acid groups (broad SMARTS) is 1. The van der Waals surface area contributed by atoms with Gasteiger partial charge in [0, 0.05) is 16.1 Å². The van der Waals surface area contributed by atoms with Crippen LogP contribution < -0.4 is 0 Å². The Labute approximate surface area is 185 Å². The van der Waals surface area contributed by atoms with Crippen LogP contribution in [0, 0.1) is 0 Å². The fourth-order valence-electron chi connectivity index (χ4n) is 3.86. The molecule has 2 atom stereocenters. The van der Waals surface area contributed by atoms with E-state index in [-0.39, 0.29) is 11.8 Å². The minimum Gasteiger partial charge on any atom is -0.478 e.